The summed E-state index contributed by atoms with van der Waals surface area (Å²) in [4.78, 5) is 7.80. The molecule has 4 nitrogen and oxygen atoms in total. The van der Waals surface area contributed by atoms with Gasteiger partial charge in [0.05, 0.1) is 0 Å². The van der Waals surface area contributed by atoms with Gasteiger partial charge >= 0.3 is 0 Å². The van der Waals surface area contributed by atoms with Crippen LogP contribution in [0.1, 0.15) is 26.3 Å². The van der Waals surface area contributed by atoms with Crippen molar-refractivity contribution in [2.24, 2.45) is 4.99 Å². The van der Waals surface area contributed by atoms with Crippen LogP contribution in [0.25, 0.3) is 0 Å². The number of rotatable bonds is 2. The number of hydrogen-bond acceptors (Lipinski definition) is 5. The average Bonchev–Trinajstić information content (AvgIpc) is 2.15. The first kappa shape index (κ1) is 12.8. The molecule has 1 rings (SSSR count). The minimum Gasteiger partial charge on any atom is -0.594 e. The van der Waals surface area contributed by atoms with Crippen molar-refractivity contribution < 1.29 is 9.84 Å². The van der Waals surface area contributed by atoms with Crippen molar-refractivity contribution in [3.8, 4) is 0 Å². The van der Waals surface area contributed by atoms with Gasteiger partial charge in [0.2, 0.25) is 0 Å². The van der Waals surface area contributed by atoms with Crippen LogP contribution in [0.2, 0.25) is 0 Å². The maximum Gasteiger partial charge on any atom is 0.157 e. The Balaban J connectivity index is 2.89. The van der Waals surface area contributed by atoms with E-state index < -0.39 is 11.7 Å². The lowest BCUT2D eigenvalue weighted by atomic mass is 10.2. The second-order valence-corrected chi connectivity index (χ2v) is 4.55. The van der Waals surface area contributed by atoms with Crippen molar-refractivity contribution in [1.82, 2.24) is 4.98 Å². The normalized spacial score (nSPS) is 12.6. The lowest BCUT2D eigenvalue weighted by molar-refractivity contribution is -0.259. The van der Waals surface area contributed by atoms with Gasteiger partial charge in [-0.3, -0.25) is 0 Å². The van der Waals surface area contributed by atoms with Gasteiger partial charge in [0.1, 0.15) is 0 Å². The molecule has 0 spiro atoms. The first-order valence-electron chi connectivity index (χ1n) is 4.92. The zero-order valence-electron chi connectivity index (χ0n) is 9.60. The number of ether oxygens (including phenoxy) is 1. The van der Waals surface area contributed by atoms with Gasteiger partial charge in [-0.1, -0.05) is 26.8 Å². The second kappa shape index (κ2) is 5.21. The Kier molecular flexibility index (Phi) is 4.18. The third kappa shape index (κ3) is 4.10. The van der Waals surface area contributed by atoms with E-state index >= 15 is 0 Å². The fraction of sp³-hybridized carbons (Fsp3) is 0.455. The zero-order chi connectivity index (χ0) is 12.2. The van der Waals surface area contributed by atoms with Gasteiger partial charge in [0, 0.05) is 23.1 Å². The summed E-state index contributed by atoms with van der Waals surface area (Å²) in [5, 5.41) is 11.4. The third-order valence-electron chi connectivity index (χ3n) is 1.63. The molecule has 0 aliphatic carbocycles. The van der Waals surface area contributed by atoms with Crippen LogP contribution in [0.4, 0.5) is 5.82 Å². The summed E-state index contributed by atoms with van der Waals surface area (Å²) in [6.07, 6.45) is 0.949. The molecule has 0 unspecified atom stereocenters. The highest BCUT2D eigenvalue weighted by Crippen LogP contribution is 2.17. The van der Waals surface area contributed by atoms with Crippen LogP contribution in [-0.2, 0) is 10.5 Å². The molecule has 0 saturated carbocycles. The molecule has 0 fully saturated rings. The van der Waals surface area contributed by atoms with Gasteiger partial charge in [-0.15, -0.1) is 0 Å². The van der Waals surface area contributed by atoms with E-state index in [9.17, 15) is 5.11 Å². The smallest absolute Gasteiger partial charge is 0.157 e. The Bertz CT molecular complexity index is 386. The number of nitrogens with zero attached hydrogens (tertiary/aromatic N) is 2. The van der Waals surface area contributed by atoms with Crippen LogP contribution in [-0.4, -0.2) is 16.7 Å². The molecule has 1 heterocycles. The standard InChI is InChI=1S/C11H16N2O2S/c1-11(2,3)15-10(14)13-9-8(7-16)5-4-6-12-9/h4-6,16H,7H2,1-3H3,(H,12,13,14)/p-1. The molecule has 0 aromatic carbocycles. The molecule has 1 aromatic rings. The number of pyridine rings is 1. The molecule has 0 aliphatic rings. The van der Waals surface area contributed by atoms with Crippen LogP contribution in [0, 0.1) is 0 Å². The zero-order valence-corrected chi connectivity index (χ0v) is 10.5. The fourth-order valence-corrected chi connectivity index (χ4v) is 1.27. The molecule has 88 valence electrons. The Labute approximate surface area is 101 Å². The Hall–Kier alpha value is -1.23. The Morgan fingerprint density at radius 3 is 2.81 bits per heavy atom. The lowest BCUT2D eigenvalue weighted by Gasteiger charge is -2.29. The van der Waals surface area contributed by atoms with E-state index in [-0.39, 0.29) is 0 Å². The highest BCUT2D eigenvalue weighted by atomic mass is 32.1. The topological polar surface area (TPSA) is 57.5 Å². The molecular weight excluding hydrogens is 224 g/mol. The van der Waals surface area contributed by atoms with Gasteiger partial charge < -0.3 is 9.84 Å². The van der Waals surface area contributed by atoms with Gasteiger partial charge in [0.15, 0.2) is 11.9 Å². The van der Waals surface area contributed by atoms with E-state index in [1.165, 1.54) is 0 Å². The predicted molar refractivity (Wildman–Crippen MR) is 64.9 cm³/mol. The number of thiol groups is 1. The van der Waals surface area contributed by atoms with Gasteiger partial charge in [0.25, 0.3) is 0 Å². The van der Waals surface area contributed by atoms with Crippen molar-refractivity contribution in [3.05, 3.63) is 23.9 Å². The van der Waals surface area contributed by atoms with Gasteiger partial charge in [-0.25, -0.2) is 9.98 Å². The summed E-state index contributed by atoms with van der Waals surface area (Å²) in [5.41, 5.74) is 0.257. The summed E-state index contributed by atoms with van der Waals surface area (Å²) in [6.45, 7) is 5.37. The van der Waals surface area contributed by atoms with Gasteiger partial charge in [-0.05, 0) is 6.07 Å². The fourth-order valence-electron chi connectivity index (χ4n) is 1.03. The van der Waals surface area contributed by atoms with E-state index in [2.05, 4.69) is 22.6 Å². The first-order chi connectivity index (χ1) is 7.42. The molecular formula is C11H15N2O2S-. The number of aliphatic imine (C=N–C) groups is 1. The van der Waals surface area contributed by atoms with Crippen LogP contribution >= 0.6 is 12.6 Å². The summed E-state index contributed by atoms with van der Waals surface area (Å²) in [6, 6.07) is 3.60. The van der Waals surface area contributed by atoms with Gasteiger partial charge in [-0.2, -0.15) is 12.6 Å². The minimum atomic E-state index is -0.630. The number of aromatic nitrogens is 1. The number of hydrogen-bond donors (Lipinski definition) is 1. The van der Waals surface area contributed by atoms with Crippen molar-refractivity contribution in [3.63, 3.8) is 0 Å². The molecule has 0 amide bonds. The molecule has 0 radical (unpaired) electrons. The highest BCUT2D eigenvalue weighted by molar-refractivity contribution is 7.79. The summed E-state index contributed by atoms with van der Waals surface area (Å²) >= 11 is 4.14. The average molecular weight is 239 g/mol. The minimum absolute atomic E-state index is 0.367. The molecule has 0 atom stereocenters. The summed E-state index contributed by atoms with van der Waals surface area (Å²) in [5.74, 6) is 0.849. The van der Waals surface area contributed by atoms with Crippen LogP contribution in [0.15, 0.2) is 23.3 Å². The third-order valence-corrected chi connectivity index (χ3v) is 1.97. The maximum absolute atomic E-state index is 11.4. The molecule has 0 N–H and O–H groups in total. The van der Waals surface area contributed by atoms with E-state index in [0.717, 1.165) is 5.56 Å². The SMILES string of the molecule is CC(C)(C)O/C([O-])=N/c1ncccc1CS. The van der Waals surface area contributed by atoms with Crippen molar-refractivity contribution in [2.45, 2.75) is 32.1 Å². The van der Waals surface area contributed by atoms with Crippen LogP contribution < -0.4 is 5.11 Å². The summed E-state index contributed by atoms with van der Waals surface area (Å²) in [7, 11) is 0. The van der Waals surface area contributed by atoms with Crippen LogP contribution in [0.5, 0.6) is 0 Å². The van der Waals surface area contributed by atoms with E-state index in [4.69, 9.17) is 4.74 Å². The molecule has 1 aromatic heterocycles. The molecule has 0 bridgehead atoms. The monoisotopic (exact) mass is 239 g/mol. The Morgan fingerprint density at radius 1 is 1.56 bits per heavy atom. The molecule has 16 heavy (non-hydrogen) atoms. The van der Waals surface area contributed by atoms with Crippen molar-refractivity contribution >= 4 is 24.5 Å². The largest absolute Gasteiger partial charge is 0.594 e. The van der Waals surface area contributed by atoms with Crippen molar-refractivity contribution in [1.29, 1.82) is 0 Å². The summed E-state index contributed by atoms with van der Waals surface area (Å²) < 4.78 is 5.07. The van der Waals surface area contributed by atoms with Crippen LogP contribution in [0.3, 0.4) is 0 Å². The molecule has 0 aliphatic heterocycles. The van der Waals surface area contributed by atoms with Crippen molar-refractivity contribution in [2.75, 3.05) is 0 Å². The van der Waals surface area contributed by atoms with E-state index in [1.807, 2.05) is 6.07 Å². The van der Waals surface area contributed by atoms with E-state index in [0.29, 0.717) is 11.6 Å². The predicted octanol–water partition coefficient (Wildman–Crippen LogP) is 1.67. The molecule has 0 saturated heterocycles. The Morgan fingerprint density at radius 2 is 2.25 bits per heavy atom. The maximum atomic E-state index is 11.4. The molecule has 5 heteroatoms. The second-order valence-electron chi connectivity index (χ2n) is 4.24. The lowest BCUT2D eigenvalue weighted by Crippen LogP contribution is -2.31. The van der Waals surface area contributed by atoms with E-state index in [1.54, 1.807) is 33.0 Å². The highest BCUT2D eigenvalue weighted by Gasteiger charge is 2.05. The quantitative estimate of drug-likeness (QED) is 0.485. The first-order valence-corrected chi connectivity index (χ1v) is 5.55.